The van der Waals surface area contributed by atoms with Crippen molar-refractivity contribution in [3.05, 3.63) is 62.1 Å². The number of hydrogen-bond acceptors (Lipinski definition) is 4. The third-order valence-corrected chi connectivity index (χ3v) is 3.05. The fraction of sp³-hybridized carbons (Fsp3) is 0. The second kappa shape index (κ2) is 5.99. The van der Waals surface area contributed by atoms with Crippen molar-refractivity contribution in [1.82, 2.24) is 0 Å². The Balaban J connectivity index is 2.37. The highest BCUT2D eigenvalue weighted by atomic mass is 35.5. The summed E-state index contributed by atoms with van der Waals surface area (Å²) in [5.41, 5.74) is 5.20. The summed E-state index contributed by atoms with van der Waals surface area (Å²) in [7, 11) is 0. The zero-order valence-corrected chi connectivity index (χ0v) is 12.0. The lowest BCUT2D eigenvalue weighted by Gasteiger charge is -2.08. The van der Waals surface area contributed by atoms with E-state index in [9.17, 15) is 14.9 Å². The number of halogens is 2. The molecular weight excluding hydrogens is 317 g/mol. The number of hydrogen-bond donors (Lipinski definition) is 2. The number of nitrogen functional groups attached to an aromatic ring is 1. The van der Waals surface area contributed by atoms with E-state index in [0.29, 0.717) is 15.7 Å². The van der Waals surface area contributed by atoms with Crippen LogP contribution < -0.4 is 11.1 Å². The van der Waals surface area contributed by atoms with Gasteiger partial charge < -0.3 is 11.1 Å². The van der Waals surface area contributed by atoms with Gasteiger partial charge in [-0.1, -0.05) is 29.3 Å². The first-order chi connectivity index (χ1) is 9.88. The Morgan fingerprint density at radius 3 is 2.38 bits per heavy atom. The van der Waals surface area contributed by atoms with E-state index in [0.717, 1.165) is 0 Å². The number of nitrogens with two attached hydrogens (primary N) is 1. The summed E-state index contributed by atoms with van der Waals surface area (Å²) in [4.78, 5) is 22.5. The predicted octanol–water partition coefficient (Wildman–Crippen LogP) is 3.74. The SMILES string of the molecule is Nc1cccc(C(=O)Nc2cc(Cl)cc(Cl)c2)c1[N+](=O)[O-]. The number of nitro benzene ring substituents is 1. The molecule has 108 valence electrons. The molecule has 2 rings (SSSR count). The van der Waals surface area contributed by atoms with Crippen LogP contribution >= 0.6 is 23.2 Å². The molecule has 6 nitrogen and oxygen atoms in total. The van der Waals surface area contributed by atoms with Crippen molar-refractivity contribution in [2.24, 2.45) is 0 Å². The first-order valence-electron chi connectivity index (χ1n) is 5.69. The van der Waals surface area contributed by atoms with Gasteiger partial charge in [0, 0.05) is 15.7 Å². The zero-order chi connectivity index (χ0) is 15.6. The molecule has 0 atom stereocenters. The minimum Gasteiger partial charge on any atom is -0.393 e. The second-order valence-electron chi connectivity index (χ2n) is 4.11. The Morgan fingerprint density at radius 1 is 1.19 bits per heavy atom. The number of nitrogens with one attached hydrogen (secondary N) is 1. The van der Waals surface area contributed by atoms with Crippen LogP contribution in [0.15, 0.2) is 36.4 Å². The molecule has 8 heteroatoms. The molecule has 0 spiro atoms. The van der Waals surface area contributed by atoms with Crippen LogP contribution in [0, 0.1) is 10.1 Å². The van der Waals surface area contributed by atoms with Crippen molar-refractivity contribution in [3.63, 3.8) is 0 Å². The maximum absolute atomic E-state index is 12.2. The lowest BCUT2D eigenvalue weighted by Crippen LogP contribution is -2.14. The van der Waals surface area contributed by atoms with Crippen molar-refractivity contribution in [1.29, 1.82) is 0 Å². The van der Waals surface area contributed by atoms with Gasteiger partial charge in [-0.3, -0.25) is 14.9 Å². The number of rotatable bonds is 3. The molecule has 0 fully saturated rings. The highest BCUT2D eigenvalue weighted by Gasteiger charge is 2.23. The number of carbonyl (C=O) groups excluding carboxylic acids is 1. The fourth-order valence-electron chi connectivity index (χ4n) is 1.77. The van der Waals surface area contributed by atoms with Gasteiger partial charge >= 0.3 is 5.69 Å². The van der Waals surface area contributed by atoms with Crippen molar-refractivity contribution in [2.45, 2.75) is 0 Å². The van der Waals surface area contributed by atoms with Crippen LogP contribution in [0.25, 0.3) is 0 Å². The molecular formula is C13H9Cl2N3O3. The van der Waals surface area contributed by atoms with Gasteiger partial charge in [-0.15, -0.1) is 0 Å². The van der Waals surface area contributed by atoms with E-state index < -0.39 is 16.5 Å². The number of anilines is 2. The fourth-order valence-corrected chi connectivity index (χ4v) is 2.30. The molecule has 0 radical (unpaired) electrons. The van der Waals surface area contributed by atoms with Crippen LogP contribution in [-0.4, -0.2) is 10.8 Å². The smallest absolute Gasteiger partial charge is 0.304 e. The van der Waals surface area contributed by atoms with E-state index in [2.05, 4.69) is 5.32 Å². The Bertz CT molecular complexity index is 714. The van der Waals surface area contributed by atoms with E-state index in [4.69, 9.17) is 28.9 Å². The number of amides is 1. The third kappa shape index (κ3) is 3.42. The largest absolute Gasteiger partial charge is 0.393 e. The molecule has 0 bridgehead atoms. The van der Waals surface area contributed by atoms with Crippen LogP contribution in [0.5, 0.6) is 0 Å². The van der Waals surface area contributed by atoms with Crippen molar-refractivity contribution < 1.29 is 9.72 Å². The van der Waals surface area contributed by atoms with Crippen LogP contribution in [0.2, 0.25) is 10.0 Å². The number of benzene rings is 2. The average Bonchev–Trinajstić information content (AvgIpc) is 2.36. The summed E-state index contributed by atoms with van der Waals surface area (Å²) < 4.78 is 0. The standard InChI is InChI=1S/C13H9Cl2N3O3/c14-7-4-8(15)6-9(5-7)17-13(19)10-2-1-3-11(16)12(10)18(20)21/h1-6H,16H2,(H,17,19). The van der Waals surface area contributed by atoms with Gasteiger partial charge in [-0.25, -0.2) is 0 Å². The Kier molecular flexibility index (Phi) is 4.30. The van der Waals surface area contributed by atoms with E-state index >= 15 is 0 Å². The molecule has 0 aliphatic rings. The van der Waals surface area contributed by atoms with Crippen LogP contribution in [-0.2, 0) is 0 Å². The van der Waals surface area contributed by atoms with Gasteiger partial charge in [-0.2, -0.15) is 0 Å². The van der Waals surface area contributed by atoms with Crippen molar-refractivity contribution in [3.8, 4) is 0 Å². The molecule has 2 aromatic carbocycles. The maximum Gasteiger partial charge on any atom is 0.304 e. The quantitative estimate of drug-likeness (QED) is 0.510. The summed E-state index contributed by atoms with van der Waals surface area (Å²) >= 11 is 11.6. The molecule has 0 heterocycles. The first-order valence-corrected chi connectivity index (χ1v) is 6.44. The Morgan fingerprint density at radius 2 is 1.81 bits per heavy atom. The minimum atomic E-state index is -0.699. The van der Waals surface area contributed by atoms with E-state index in [1.54, 1.807) is 0 Å². The summed E-state index contributed by atoms with van der Waals surface area (Å²) in [6.07, 6.45) is 0. The summed E-state index contributed by atoms with van der Waals surface area (Å²) in [5, 5.41) is 14.2. The van der Waals surface area contributed by atoms with Gasteiger partial charge in [-0.05, 0) is 30.3 Å². The Labute approximate surface area is 129 Å². The molecule has 0 saturated heterocycles. The molecule has 0 unspecified atom stereocenters. The molecule has 0 aliphatic heterocycles. The maximum atomic E-state index is 12.2. The van der Waals surface area contributed by atoms with E-state index in [1.807, 2.05) is 0 Å². The number of nitrogens with zero attached hydrogens (tertiary/aromatic N) is 1. The van der Waals surface area contributed by atoms with Crippen LogP contribution in [0.1, 0.15) is 10.4 Å². The number of nitro groups is 1. The minimum absolute atomic E-state index is 0.0863. The molecule has 0 saturated carbocycles. The highest BCUT2D eigenvalue weighted by Crippen LogP contribution is 2.28. The third-order valence-electron chi connectivity index (χ3n) is 2.61. The van der Waals surface area contributed by atoms with Crippen LogP contribution in [0.3, 0.4) is 0 Å². The summed E-state index contributed by atoms with van der Waals surface area (Å²) in [5.74, 6) is -0.674. The van der Waals surface area contributed by atoms with Gasteiger partial charge in [0.25, 0.3) is 5.91 Å². The lowest BCUT2D eigenvalue weighted by atomic mass is 10.1. The van der Waals surface area contributed by atoms with Gasteiger partial charge in [0.2, 0.25) is 0 Å². The van der Waals surface area contributed by atoms with Crippen LogP contribution in [0.4, 0.5) is 17.1 Å². The van der Waals surface area contributed by atoms with E-state index in [1.165, 1.54) is 36.4 Å². The monoisotopic (exact) mass is 325 g/mol. The van der Waals surface area contributed by atoms with E-state index in [-0.39, 0.29) is 11.3 Å². The van der Waals surface area contributed by atoms with Crippen molar-refractivity contribution >= 4 is 46.2 Å². The lowest BCUT2D eigenvalue weighted by molar-refractivity contribution is -0.384. The summed E-state index contributed by atoms with van der Waals surface area (Å²) in [6, 6.07) is 8.58. The molecule has 3 N–H and O–H groups in total. The van der Waals surface area contributed by atoms with Gasteiger partial charge in [0.1, 0.15) is 11.3 Å². The average molecular weight is 326 g/mol. The topological polar surface area (TPSA) is 98.3 Å². The molecule has 2 aromatic rings. The predicted molar refractivity (Wildman–Crippen MR) is 81.9 cm³/mol. The molecule has 0 aliphatic carbocycles. The zero-order valence-electron chi connectivity index (χ0n) is 10.5. The summed E-state index contributed by atoms with van der Waals surface area (Å²) in [6.45, 7) is 0. The first kappa shape index (κ1) is 15.1. The number of carbonyl (C=O) groups is 1. The molecule has 1 amide bonds. The number of para-hydroxylation sites is 1. The molecule has 0 aromatic heterocycles. The van der Waals surface area contributed by atoms with Gasteiger partial charge in [0.15, 0.2) is 0 Å². The van der Waals surface area contributed by atoms with Gasteiger partial charge in [0.05, 0.1) is 4.92 Å². The van der Waals surface area contributed by atoms with Crippen molar-refractivity contribution in [2.75, 3.05) is 11.1 Å². The normalized spacial score (nSPS) is 10.2. The Hall–Kier alpha value is -2.31. The highest BCUT2D eigenvalue weighted by molar-refractivity contribution is 6.35. The second-order valence-corrected chi connectivity index (χ2v) is 4.99. The molecule has 21 heavy (non-hydrogen) atoms.